The van der Waals surface area contributed by atoms with Crippen molar-refractivity contribution in [2.24, 2.45) is 0 Å². The summed E-state index contributed by atoms with van der Waals surface area (Å²) in [6.45, 7) is 0. The zero-order valence-corrected chi connectivity index (χ0v) is 12.9. The van der Waals surface area contributed by atoms with Crippen LogP contribution < -0.4 is 10.9 Å². The summed E-state index contributed by atoms with van der Waals surface area (Å²) in [5.41, 5.74) is 3.49. The number of aromatic amines is 1. The highest BCUT2D eigenvalue weighted by Crippen LogP contribution is 2.32. The Morgan fingerprint density at radius 1 is 1.33 bits per heavy atom. The normalized spacial score (nSPS) is 16.9. The maximum absolute atomic E-state index is 11.4. The minimum atomic E-state index is -0.0606. The molecule has 5 heteroatoms. The highest BCUT2D eigenvalue weighted by atomic mass is 79.9. The molecule has 0 spiro atoms. The van der Waals surface area contributed by atoms with Gasteiger partial charge in [0.15, 0.2) is 0 Å². The number of pyridine rings is 1. The maximum Gasteiger partial charge on any atom is 0.248 e. The Kier molecular flexibility index (Phi) is 3.80. The van der Waals surface area contributed by atoms with E-state index >= 15 is 0 Å². The van der Waals surface area contributed by atoms with Crippen LogP contribution in [-0.2, 0) is 6.42 Å². The molecule has 1 heterocycles. The number of halogens is 1. The topological polar surface area (TPSA) is 68.7 Å². The molecule has 0 radical (unpaired) electrons. The first-order chi connectivity index (χ1) is 10.2. The van der Waals surface area contributed by atoms with Crippen molar-refractivity contribution in [2.75, 3.05) is 5.32 Å². The zero-order valence-electron chi connectivity index (χ0n) is 11.3. The van der Waals surface area contributed by atoms with Gasteiger partial charge in [-0.1, -0.05) is 15.9 Å². The van der Waals surface area contributed by atoms with Gasteiger partial charge < -0.3 is 10.3 Å². The number of benzene rings is 1. The summed E-state index contributed by atoms with van der Waals surface area (Å²) >= 11 is 3.43. The van der Waals surface area contributed by atoms with Crippen LogP contribution in [0.5, 0.6) is 0 Å². The Hall–Kier alpha value is -2.06. The van der Waals surface area contributed by atoms with Crippen LogP contribution in [0.2, 0.25) is 0 Å². The van der Waals surface area contributed by atoms with E-state index in [4.69, 9.17) is 0 Å². The molecule has 0 fully saturated rings. The van der Waals surface area contributed by atoms with E-state index in [1.54, 1.807) is 12.1 Å². The average Bonchev–Trinajstić information content (AvgIpc) is 2.47. The summed E-state index contributed by atoms with van der Waals surface area (Å²) in [5, 5.41) is 12.7. The summed E-state index contributed by atoms with van der Waals surface area (Å²) < 4.78 is 0.932. The Bertz CT molecular complexity index is 776. The summed E-state index contributed by atoms with van der Waals surface area (Å²) in [4.78, 5) is 14.3. The monoisotopic (exact) mass is 343 g/mol. The number of aryl methyl sites for hydroxylation is 1. The van der Waals surface area contributed by atoms with Crippen molar-refractivity contribution in [1.82, 2.24) is 4.98 Å². The number of aromatic nitrogens is 1. The Morgan fingerprint density at radius 2 is 2.19 bits per heavy atom. The second kappa shape index (κ2) is 5.74. The third-order valence-corrected chi connectivity index (χ3v) is 4.26. The van der Waals surface area contributed by atoms with Gasteiger partial charge in [-0.3, -0.25) is 4.79 Å². The van der Waals surface area contributed by atoms with Crippen molar-refractivity contribution in [3.63, 3.8) is 0 Å². The van der Waals surface area contributed by atoms with Crippen LogP contribution in [-0.4, -0.2) is 4.98 Å². The number of anilines is 1. The molecule has 1 atom stereocenters. The van der Waals surface area contributed by atoms with Gasteiger partial charge in [-0.05, 0) is 49.1 Å². The molecule has 21 heavy (non-hydrogen) atoms. The molecule has 0 saturated heterocycles. The van der Waals surface area contributed by atoms with Crippen molar-refractivity contribution in [2.45, 2.75) is 25.3 Å². The predicted molar refractivity (Wildman–Crippen MR) is 85.2 cm³/mol. The Balaban J connectivity index is 1.96. The van der Waals surface area contributed by atoms with Crippen molar-refractivity contribution in [1.29, 1.82) is 5.26 Å². The largest absolute Gasteiger partial charge is 0.377 e. The van der Waals surface area contributed by atoms with Crippen LogP contribution in [0.1, 0.15) is 35.7 Å². The van der Waals surface area contributed by atoms with Crippen LogP contribution in [0.3, 0.4) is 0 Å². The molecule has 1 aromatic heterocycles. The first kappa shape index (κ1) is 13.9. The van der Waals surface area contributed by atoms with Crippen LogP contribution in [0.25, 0.3) is 0 Å². The van der Waals surface area contributed by atoms with E-state index in [1.807, 2.05) is 18.2 Å². The lowest BCUT2D eigenvalue weighted by Gasteiger charge is -2.27. The number of nitriles is 1. The molecular formula is C16H14BrN3O. The smallest absolute Gasteiger partial charge is 0.248 e. The minimum absolute atomic E-state index is 0.0606. The molecule has 0 saturated carbocycles. The molecule has 2 N–H and O–H groups in total. The molecule has 106 valence electrons. The van der Waals surface area contributed by atoms with E-state index in [-0.39, 0.29) is 11.6 Å². The van der Waals surface area contributed by atoms with E-state index in [2.05, 4.69) is 32.3 Å². The predicted octanol–water partition coefficient (Wildman–Crippen LogP) is 3.50. The number of nitrogens with zero attached hydrogens (tertiary/aromatic N) is 1. The van der Waals surface area contributed by atoms with E-state index in [0.29, 0.717) is 5.56 Å². The van der Waals surface area contributed by atoms with Gasteiger partial charge in [-0.2, -0.15) is 5.26 Å². The second-order valence-corrected chi connectivity index (χ2v) is 6.06. The molecule has 0 bridgehead atoms. The number of H-pyrrole nitrogens is 1. The van der Waals surface area contributed by atoms with E-state index in [9.17, 15) is 10.1 Å². The van der Waals surface area contributed by atoms with E-state index in [1.165, 1.54) is 0 Å². The van der Waals surface area contributed by atoms with Gasteiger partial charge in [0, 0.05) is 16.2 Å². The molecular weight excluding hydrogens is 330 g/mol. The van der Waals surface area contributed by atoms with Gasteiger partial charge in [0.25, 0.3) is 0 Å². The number of rotatable bonds is 2. The van der Waals surface area contributed by atoms with Crippen molar-refractivity contribution >= 4 is 21.6 Å². The third-order valence-electron chi connectivity index (χ3n) is 3.76. The summed E-state index contributed by atoms with van der Waals surface area (Å²) in [7, 11) is 0. The maximum atomic E-state index is 11.4. The minimum Gasteiger partial charge on any atom is -0.377 e. The molecule has 1 unspecified atom stereocenters. The summed E-state index contributed by atoms with van der Waals surface area (Å²) in [5.74, 6) is 0. The summed E-state index contributed by atoms with van der Waals surface area (Å²) in [6, 6.07) is 11.3. The molecule has 2 aromatic rings. The standard InChI is InChI=1S/C16H14BrN3O/c17-11-5-4-10(9-18)15(8-11)19-13-2-1-3-14-12(13)6-7-16(21)20-14/h4-8,13,19H,1-3H2,(H,20,21). The zero-order chi connectivity index (χ0) is 14.8. The lowest BCUT2D eigenvalue weighted by molar-refractivity contribution is 0.586. The highest BCUT2D eigenvalue weighted by molar-refractivity contribution is 9.10. The fourth-order valence-corrected chi connectivity index (χ4v) is 3.13. The quantitative estimate of drug-likeness (QED) is 0.876. The van der Waals surface area contributed by atoms with Gasteiger partial charge in [0.2, 0.25) is 5.56 Å². The molecule has 3 rings (SSSR count). The molecule has 0 aliphatic heterocycles. The van der Waals surface area contributed by atoms with Crippen LogP contribution >= 0.6 is 15.9 Å². The van der Waals surface area contributed by atoms with Crippen LogP contribution in [0.4, 0.5) is 5.69 Å². The fraction of sp³-hybridized carbons (Fsp3) is 0.250. The third kappa shape index (κ3) is 2.86. The van der Waals surface area contributed by atoms with E-state index in [0.717, 1.165) is 40.7 Å². The van der Waals surface area contributed by atoms with Crippen molar-refractivity contribution in [3.05, 3.63) is 62.0 Å². The molecule has 1 aliphatic carbocycles. The highest BCUT2D eigenvalue weighted by Gasteiger charge is 2.21. The van der Waals surface area contributed by atoms with Crippen molar-refractivity contribution < 1.29 is 0 Å². The Labute approximate surface area is 130 Å². The van der Waals surface area contributed by atoms with Gasteiger partial charge in [-0.15, -0.1) is 0 Å². The number of fused-ring (bicyclic) bond motifs is 1. The van der Waals surface area contributed by atoms with Gasteiger partial charge in [0.1, 0.15) is 6.07 Å². The first-order valence-electron chi connectivity index (χ1n) is 6.85. The van der Waals surface area contributed by atoms with Gasteiger partial charge in [0.05, 0.1) is 17.3 Å². The molecule has 1 aromatic carbocycles. The SMILES string of the molecule is N#Cc1ccc(Br)cc1NC1CCCc2[nH]c(=O)ccc21. The molecule has 4 nitrogen and oxygen atoms in total. The average molecular weight is 344 g/mol. The lowest BCUT2D eigenvalue weighted by atomic mass is 9.91. The first-order valence-corrected chi connectivity index (χ1v) is 7.65. The van der Waals surface area contributed by atoms with Gasteiger partial charge in [-0.25, -0.2) is 0 Å². The second-order valence-electron chi connectivity index (χ2n) is 5.15. The number of hydrogen-bond acceptors (Lipinski definition) is 3. The number of nitrogens with one attached hydrogen (secondary N) is 2. The van der Waals surface area contributed by atoms with Gasteiger partial charge >= 0.3 is 0 Å². The summed E-state index contributed by atoms with van der Waals surface area (Å²) in [6.07, 6.45) is 2.89. The molecule has 0 amide bonds. The van der Waals surface area contributed by atoms with Crippen molar-refractivity contribution in [3.8, 4) is 6.07 Å². The lowest BCUT2D eigenvalue weighted by Crippen LogP contribution is -2.21. The van der Waals surface area contributed by atoms with Crippen LogP contribution in [0.15, 0.2) is 39.6 Å². The molecule has 1 aliphatic rings. The van der Waals surface area contributed by atoms with Crippen LogP contribution in [0, 0.1) is 11.3 Å². The Morgan fingerprint density at radius 3 is 3.00 bits per heavy atom. The number of hydrogen-bond donors (Lipinski definition) is 2. The van der Waals surface area contributed by atoms with E-state index < -0.39 is 0 Å². The fourth-order valence-electron chi connectivity index (χ4n) is 2.77.